The van der Waals surface area contributed by atoms with Crippen molar-refractivity contribution in [2.75, 3.05) is 26.2 Å². The molecule has 2 heterocycles. The maximum Gasteiger partial charge on any atom is 0.352 e. The van der Waals surface area contributed by atoms with E-state index in [4.69, 9.17) is 5.11 Å². The fraction of sp³-hybridized carbons (Fsp3) is 0.571. The largest absolute Gasteiger partial charge is 0.477 e. The van der Waals surface area contributed by atoms with E-state index >= 15 is 0 Å². The van der Waals surface area contributed by atoms with Gasteiger partial charge in [0.1, 0.15) is 12.2 Å². The molecule has 0 bridgehead atoms. The molecule has 0 radical (unpaired) electrons. The molecule has 1 saturated carbocycles. The number of carboxylic acid groups (broad SMARTS) is 1. The molecule has 108 valence electrons. The molecule has 20 heavy (non-hydrogen) atoms. The van der Waals surface area contributed by atoms with Crippen LogP contribution in [0.4, 0.5) is 0 Å². The van der Waals surface area contributed by atoms with Crippen LogP contribution in [0.15, 0.2) is 18.3 Å². The lowest BCUT2D eigenvalue weighted by Crippen LogP contribution is -2.50. The van der Waals surface area contributed by atoms with E-state index in [9.17, 15) is 9.59 Å². The van der Waals surface area contributed by atoms with Crippen LogP contribution in [-0.2, 0) is 11.3 Å². The van der Waals surface area contributed by atoms with Gasteiger partial charge in [0, 0.05) is 38.4 Å². The first kappa shape index (κ1) is 13.2. The molecule has 0 unspecified atom stereocenters. The lowest BCUT2D eigenvalue weighted by molar-refractivity contribution is -0.133. The molecule has 1 N–H and O–H groups in total. The Labute approximate surface area is 117 Å². The van der Waals surface area contributed by atoms with Crippen molar-refractivity contribution in [1.82, 2.24) is 14.4 Å². The summed E-state index contributed by atoms with van der Waals surface area (Å²) in [6.45, 7) is 3.48. The maximum absolute atomic E-state index is 12.2. The number of piperazine rings is 1. The maximum atomic E-state index is 12.2. The summed E-state index contributed by atoms with van der Waals surface area (Å²) in [5.41, 5.74) is 0.162. The SMILES string of the molecule is O=C(O)c1cccn1CC(=O)N1CCN(C2CC2)CC1. The van der Waals surface area contributed by atoms with Gasteiger partial charge in [0.15, 0.2) is 0 Å². The molecule has 1 amide bonds. The number of hydrogen-bond acceptors (Lipinski definition) is 3. The molecule has 0 spiro atoms. The summed E-state index contributed by atoms with van der Waals surface area (Å²) in [4.78, 5) is 27.5. The molecular formula is C14H19N3O3. The number of nitrogens with zero attached hydrogens (tertiary/aromatic N) is 3. The van der Waals surface area contributed by atoms with Crippen molar-refractivity contribution >= 4 is 11.9 Å². The molecule has 1 aliphatic carbocycles. The van der Waals surface area contributed by atoms with E-state index in [1.165, 1.54) is 23.5 Å². The summed E-state index contributed by atoms with van der Waals surface area (Å²) in [5, 5.41) is 9.03. The van der Waals surface area contributed by atoms with Crippen molar-refractivity contribution in [3.8, 4) is 0 Å². The third kappa shape index (κ3) is 2.70. The minimum Gasteiger partial charge on any atom is -0.477 e. The Kier molecular flexibility index (Phi) is 3.48. The van der Waals surface area contributed by atoms with Crippen molar-refractivity contribution in [3.63, 3.8) is 0 Å². The first-order chi connectivity index (χ1) is 9.65. The zero-order valence-corrected chi connectivity index (χ0v) is 11.4. The third-order valence-corrected chi connectivity index (χ3v) is 4.08. The van der Waals surface area contributed by atoms with Crippen LogP contribution in [0.5, 0.6) is 0 Å². The number of hydrogen-bond donors (Lipinski definition) is 1. The number of amides is 1. The molecular weight excluding hydrogens is 258 g/mol. The van der Waals surface area contributed by atoms with Gasteiger partial charge in [-0.2, -0.15) is 0 Å². The van der Waals surface area contributed by atoms with Crippen LogP contribution < -0.4 is 0 Å². The molecule has 1 aliphatic heterocycles. The van der Waals surface area contributed by atoms with Crippen molar-refractivity contribution < 1.29 is 14.7 Å². The summed E-state index contributed by atoms with van der Waals surface area (Å²) >= 11 is 0. The Morgan fingerprint density at radius 2 is 1.90 bits per heavy atom. The normalized spacial score (nSPS) is 20.1. The predicted molar refractivity (Wildman–Crippen MR) is 72.6 cm³/mol. The molecule has 0 aromatic carbocycles. The minimum absolute atomic E-state index is 0.000790. The van der Waals surface area contributed by atoms with Crippen LogP contribution in [0.2, 0.25) is 0 Å². The summed E-state index contributed by atoms with van der Waals surface area (Å²) in [6.07, 6.45) is 4.22. The summed E-state index contributed by atoms with van der Waals surface area (Å²) in [7, 11) is 0. The Bertz CT molecular complexity index is 513. The van der Waals surface area contributed by atoms with Gasteiger partial charge in [0.2, 0.25) is 5.91 Å². The fourth-order valence-corrected chi connectivity index (χ4v) is 2.77. The highest BCUT2D eigenvalue weighted by Crippen LogP contribution is 2.27. The summed E-state index contributed by atoms with van der Waals surface area (Å²) < 4.78 is 1.50. The van der Waals surface area contributed by atoms with E-state index in [1.807, 2.05) is 4.90 Å². The van der Waals surface area contributed by atoms with E-state index in [0.29, 0.717) is 0 Å². The lowest BCUT2D eigenvalue weighted by Gasteiger charge is -2.35. The molecule has 6 nitrogen and oxygen atoms in total. The number of carbonyl (C=O) groups is 2. The van der Waals surface area contributed by atoms with Crippen LogP contribution in [0.3, 0.4) is 0 Å². The van der Waals surface area contributed by atoms with Crippen LogP contribution in [0.1, 0.15) is 23.3 Å². The number of aromatic nitrogens is 1. The number of carbonyl (C=O) groups excluding carboxylic acids is 1. The highest BCUT2D eigenvalue weighted by Gasteiger charge is 2.32. The van der Waals surface area contributed by atoms with E-state index in [2.05, 4.69) is 4.90 Å². The van der Waals surface area contributed by atoms with Crippen LogP contribution >= 0.6 is 0 Å². The van der Waals surface area contributed by atoms with Gasteiger partial charge in [0.05, 0.1) is 0 Å². The lowest BCUT2D eigenvalue weighted by atomic mass is 10.3. The average molecular weight is 277 g/mol. The zero-order chi connectivity index (χ0) is 14.1. The quantitative estimate of drug-likeness (QED) is 0.870. The second-order valence-electron chi connectivity index (χ2n) is 5.47. The van der Waals surface area contributed by atoms with Gasteiger partial charge in [-0.3, -0.25) is 9.69 Å². The van der Waals surface area contributed by atoms with Crippen molar-refractivity contribution in [3.05, 3.63) is 24.0 Å². The summed E-state index contributed by atoms with van der Waals surface area (Å²) in [5.74, 6) is -1.000. The van der Waals surface area contributed by atoms with Gasteiger partial charge in [-0.15, -0.1) is 0 Å². The summed E-state index contributed by atoms with van der Waals surface area (Å²) in [6, 6.07) is 3.91. The second kappa shape index (κ2) is 5.28. The molecule has 6 heteroatoms. The van der Waals surface area contributed by atoms with Gasteiger partial charge >= 0.3 is 5.97 Å². The van der Waals surface area contributed by atoms with Crippen LogP contribution in [0, 0.1) is 0 Å². The van der Waals surface area contributed by atoms with Gasteiger partial charge in [-0.05, 0) is 25.0 Å². The number of carboxylic acids is 1. The minimum atomic E-state index is -0.999. The van der Waals surface area contributed by atoms with Gasteiger partial charge in [-0.1, -0.05) is 0 Å². The van der Waals surface area contributed by atoms with Gasteiger partial charge in [0.25, 0.3) is 0 Å². The van der Waals surface area contributed by atoms with Crippen molar-refractivity contribution in [2.45, 2.75) is 25.4 Å². The molecule has 1 saturated heterocycles. The Balaban J connectivity index is 1.56. The van der Waals surface area contributed by atoms with Crippen molar-refractivity contribution in [2.24, 2.45) is 0 Å². The van der Waals surface area contributed by atoms with Crippen LogP contribution in [-0.4, -0.2) is 63.6 Å². The Morgan fingerprint density at radius 3 is 2.50 bits per heavy atom. The third-order valence-electron chi connectivity index (χ3n) is 4.08. The molecule has 2 fully saturated rings. The van der Waals surface area contributed by atoms with E-state index in [-0.39, 0.29) is 18.1 Å². The molecule has 0 atom stereocenters. The Hall–Kier alpha value is -1.82. The standard InChI is InChI=1S/C14H19N3O3/c18-13(10-17-5-1-2-12(17)14(19)20)16-8-6-15(7-9-16)11-3-4-11/h1-2,5,11H,3-4,6-10H2,(H,19,20). The number of aromatic carboxylic acids is 1. The Morgan fingerprint density at radius 1 is 1.20 bits per heavy atom. The van der Waals surface area contributed by atoms with Crippen molar-refractivity contribution in [1.29, 1.82) is 0 Å². The highest BCUT2D eigenvalue weighted by atomic mass is 16.4. The van der Waals surface area contributed by atoms with E-state index in [1.54, 1.807) is 12.3 Å². The smallest absolute Gasteiger partial charge is 0.352 e. The van der Waals surface area contributed by atoms with Gasteiger partial charge < -0.3 is 14.6 Å². The fourth-order valence-electron chi connectivity index (χ4n) is 2.77. The zero-order valence-electron chi connectivity index (χ0n) is 11.4. The second-order valence-corrected chi connectivity index (χ2v) is 5.47. The molecule has 1 aromatic heterocycles. The predicted octanol–water partition coefficient (Wildman–Crippen LogP) is 0.493. The number of rotatable bonds is 4. The molecule has 3 rings (SSSR count). The first-order valence-corrected chi connectivity index (χ1v) is 7.05. The molecule has 2 aliphatic rings. The van der Waals surface area contributed by atoms with Gasteiger partial charge in [-0.25, -0.2) is 4.79 Å². The average Bonchev–Trinajstić information content (AvgIpc) is 3.19. The van der Waals surface area contributed by atoms with E-state index in [0.717, 1.165) is 32.2 Å². The first-order valence-electron chi connectivity index (χ1n) is 7.05. The van der Waals surface area contributed by atoms with E-state index < -0.39 is 5.97 Å². The highest BCUT2D eigenvalue weighted by molar-refractivity contribution is 5.86. The monoisotopic (exact) mass is 277 g/mol. The van der Waals surface area contributed by atoms with Crippen LogP contribution in [0.25, 0.3) is 0 Å². The topological polar surface area (TPSA) is 65.8 Å². The molecule has 1 aromatic rings.